The maximum atomic E-state index is 9.48. The van der Waals surface area contributed by atoms with Crippen molar-refractivity contribution in [2.24, 2.45) is 0 Å². The smallest absolute Gasteiger partial charge is 0.0662 e. The Hall–Kier alpha value is -0.120. The molecule has 2 aliphatic rings. The predicted molar refractivity (Wildman–Crippen MR) is 57.3 cm³/mol. The number of aliphatic hydroxyl groups excluding tert-OH is 1. The Morgan fingerprint density at radius 2 is 2.29 bits per heavy atom. The van der Waals surface area contributed by atoms with Crippen LogP contribution in [0.15, 0.2) is 0 Å². The van der Waals surface area contributed by atoms with Crippen LogP contribution in [0.25, 0.3) is 0 Å². The van der Waals surface area contributed by atoms with E-state index in [1.807, 2.05) is 6.92 Å². The maximum Gasteiger partial charge on any atom is 0.0662 e. The number of nitrogens with zero attached hydrogens (tertiary/aromatic N) is 1. The van der Waals surface area contributed by atoms with E-state index in [0.29, 0.717) is 6.04 Å². The van der Waals surface area contributed by atoms with Crippen molar-refractivity contribution in [3.8, 4) is 0 Å². The van der Waals surface area contributed by atoms with Gasteiger partial charge in [0.1, 0.15) is 0 Å². The number of fused-ring (bicyclic) bond motifs is 1. The van der Waals surface area contributed by atoms with Crippen LogP contribution >= 0.6 is 0 Å². The van der Waals surface area contributed by atoms with E-state index < -0.39 is 0 Å². The summed E-state index contributed by atoms with van der Waals surface area (Å²) in [5, 5.41) is 13.0. The van der Waals surface area contributed by atoms with Crippen LogP contribution < -0.4 is 5.32 Å². The first-order valence-corrected chi connectivity index (χ1v) is 5.96. The Balaban J connectivity index is 1.76. The van der Waals surface area contributed by atoms with Crippen molar-refractivity contribution in [2.45, 2.75) is 50.8 Å². The highest BCUT2D eigenvalue weighted by Gasteiger charge is 2.36. The van der Waals surface area contributed by atoms with Gasteiger partial charge in [-0.15, -0.1) is 0 Å². The molecule has 0 bridgehead atoms. The second-order valence-electron chi connectivity index (χ2n) is 4.61. The molecular weight excluding hydrogens is 176 g/mol. The zero-order valence-corrected chi connectivity index (χ0v) is 9.08. The van der Waals surface area contributed by atoms with E-state index in [9.17, 15) is 5.11 Å². The number of nitrogens with one attached hydrogen (secondary N) is 1. The normalized spacial score (nSPS) is 34.7. The lowest BCUT2D eigenvalue weighted by atomic mass is 10.1. The van der Waals surface area contributed by atoms with Gasteiger partial charge in [-0.05, 0) is 32.2 Å². The summed E-state index contributed by atoms with van der Waals surface area (Å²) in [7, 11) is 0. The van der Waals surface area contributed by atoms with E-state index in [-0.39, 0.29) is 6.10 Å². The third-order valence-electron chi connectivity index (χ3n) is 3.69. The molecular formula is C11H22N2O. The van der Waals surface area contributed by atoms with Gasteiger partial charge in [0, 0.05) is 25.2 Å². The third kappa shape index (κ3) is 2.10. The van der Waals surface area contributed by atoms with Gasteiger partial charge in [-0.1, -0.05) is 6.92 Å². The van der Waals surface area contributed by atoms with Crippen molar-refractivity contribution < 1.29 is 5.11 Å². The Kier molecular flexibility index (Phi) is 3.42. The van der Waals surface area contributed by atoms with Gasteiger partial charge in [-0.2, -0.15) is 0 Å². The minimum absolute atomic E-state index is 0.162. The van der Waals surface area contributed by atoms with Crippen molar-refractivity contribution in [3.63, 3.8) is 0 Å². The molecule has 2 rings (SSSR count). The van der Waals surface area contributed by atoms with Crippen molar-refractivity contribution in [1.82, 2.24) is 10.2 Å². The lowest BCUT2D eigenvalue weighted by Crippen LogP contribution is -2.42. The molecule has 0 aliphatic carbocycles. The maximum absolute atomic E-state index is 9.48. The second-order valence-corrected chi connectivity index (χ2v) is 4.61. The molecule has 2 fully saturated rings. The van der Waals surface area contributed by atoms with Crippen molar-refractivity contribution >= 4 is 0 Å². The predicted octanol–water partition coefficient (Wildman–Crippen LogP) is 0.584. The SMILES string of the molecule is CCC(O)CNC1CCN2CCCC12. The minimum atomic E-state index is -0.162. The van der Waals surface area contributed by atoms with E-state index in [1.54, 1.807) is 0 Å². The molecule has 0 amide bonds. The van der Waals surface area contributed by atoms with Gasteiger partial charge in [0.05, 0.1) is 6.10 Å². The average Bonchev–Trinajstić information content (AvgIpc) is 2.76. The van der Waals surface area contributed by atoms with Crippen LogP contribution in [0, 0.1) is 0 Å². The van der Waals surface area contributed by atoms with Gasteiger partial charge in [-0.3, -0.25) is 4.90 Å². The minimum Gasteiger partial charge on any atom is -0.392 e. The van der Waals surface area contributed by atoms with E-state index in [1.165, 1.54) is 32.4 Å². The molecule has 14 heavy (non-hydrogen) atoms. The molecule has 0 radical (unpaired) electrons. The first-order valence-electron chi connectivity index (χ1n) is 5.96. The summed E-state index contributed by atoms with van der Waals surface area (Å²) in [6.07, 6.45) is 4.67. The zero-order valence-electron chi connectivity index (χ0n) is 9.08. The van der Waals surface area contributed by atoms with E-state index in [2.05, 4.69) is 10.2 Å². The summed E-state index contributed by atoms with van der Waals surface area (Å²) in [5.74, 6) is 0. The van der Waals surface area contributed by atoms with Crippen molar-refractivity contribution in [3.05, 3.63) is 0 Å². The van der Waals surface area contributed by atoms with Crippen molar-refractivity contribution in [1.29, 1.82) is 0 Å². The van der Waals surface area contributed by atoms with Crippen LogP contribution in [0.5, 0.6) is 0 Å². The fraction of sp³-hybridized carbons (Fsp3) is 1.00. The second kappa shape index (κ2) is 4.60. The molecule has 82 valence electrons. The van der Waals surface area contributed by atoms with Crippen molar-refractivity contribution in [2.75, 3.05) is 19.6 Å². The number of hydrogen-bond acceptors (Lipinski definition) is 3. The lowest BCUT2D eigenvalue weighted by molar-refractivity contribution is 0.159. The standard InChI is InChI=1S/C11H22N2O/c1-2-9(14)8-12-10-5-7-13-6-3-4-11(10)13/h9-12,14H,2-8H2,1H3. The van der Waals surface area contributed by atoms with Gasteiger partial charge in [0.15, 0.2) is 0 Å². The molecule has 3 heteroatoms. The molecule has 2 heterocycles. The fourth-order valence-corrected chi connectivity index (χ4v) is 2.75. The molecule has 3 atom stereocenters. The summed E-state index contributed by atoms with van der Waals surface area (Å²) in [6.45, 7) is 5.35. The third-order valence-corrected chi connectivity index (χ3v) is 3.69. The summed E-state index contributed by atoms with van der Waals surface area (Å²) in [6, 6.07) is 1.40. The highest BCUT2D eigenvalue weighted by Crippen LogP contribution is 2.27. The summed E-state index contributed by atoms with van der Waals surface area (Å²) in [4.78, 5) is 2.59. The quantitative estimate of drug-likeness (QED) is 0.694. The highest BCUT2D eigenvalue weighted by molar-refractivity contribution is 4.95. The Bertz CT molecular complexity index is 186. The Labute approximate surface area is 86.5 Å². The molecule has 0 aromatic carbocycles. The van der Waals surface area contributed by atoms with E-state index in [4.69, 9.17) is 0 Å². The van der Waals surface area contributed by atoms with Crippen LogP contribution in [0.4, 0.5) is 0 Å². The van der Waals surface area contributed by atoms with Crippen LogP contribution in [0.1, 0.15) is 32.6 Å². The summed E-state index contributed by atoms with van der Waals surface area (Å²) < 4.78 is 0. The van der Waals surface area contributed by atoms with Gasteiger partial charge >= 0.3 is 0 Å². The zero-order chi connectivity index (χ0) is 9.97. The van der Waals surface area contributed by atoms with Crippen LogP contribution in [0.3, 0.4) is 0 Å². The fourth-order valence-electron chi connectivity index (χ4n) is 2.75. The number of aliphatic hydroxyl groups is 1. The molecule has 3 nitrogen and oxygen atoms in total. The summed E-state index contributed by atoms with van der Waals surface area (Å²) in [5.41, 5.74) is 0. The first kappa shape index (κ1) is 10.4. The molecule has 2 N–H and O–H groups in total. The summed E-state index contributed by atoms with van der Waals surface area (Å²) >= 11 is 0. The molecule has 0 saturated carbocycles. The highest BCUT2D eigenvalue weighted by atomic mass is 16.3. The lowest BCUT2D eigenvalue weighted by Gasteiger charge is -2.22. The monoisotopic (exact) mass is 198 g/mol. The molecule has 2 saturated heterocycles. The largest absolute Gasteiger partial charge is 0.392 e. The topological polar surface area (TPSA) is 35.5 Å². The molecule has 2 aliphatic heterocycles. The average molecular weight is 198 g/mol. The molecule has 0 aromatic heterocycles. The van der Waals surface area contributed by atoms with Crippen LogP contribution in [-0.4, -0.2) is 47.8 Å². The van der Waals surface area contributed by atoms with Gasteiger partial charge in [0.25, 0.3) is 0 Å². The van der Waals surface area contributed by atoms with Crippen LogP contribution in [0.2, 0.25) is 0 Å². The first-order chi connectivity index (χ1) is 6.81. The Morgan fingerprint density at radius 3 is 3.07 bits per heavy atom. The molecule has 0 aromatic rings. The Morgan fingerprint density at radius 1 is 1.43 bits per heavy atom. The van der Waals surface area contributed by atoms with Gasteiger partial charge < -0.3 is 10.4 Å². The molecule has 3 unspecified atom stereocenters. The van der Waals surface area contributed by atoms with E-state index in [0.717, 1.165) is 19.0 Å². The van der Waals surface area contributed by atoms with Gasteiger partial charge in [-0.25, -0.2) is 0 Å². The van der Waals surface area contributed by atoms with Gasteiger partial charge in [0.2, 0.25) is 0 Å². The molecule has 0 spiro atoms. The number of hydrogen-bond donors (Lipinski definition) is 2. The van der Waals surface area contributed by atoms with Crippen LogP contribution in [-0.2, 0) is 0 Å². The van der Waals surface area contributed by atoms with E-state index >= 15 is 0 Å². The number of rotatable bonds is 4.